The minimum absolute atomic E-state index is 0.197. The van der Waals surface area contributed by atoms with E-state index in [-0.39, 0.29) is 5.75 Å². The summed E-state index contributed by atoms with van der Waals surface area (Å²) in [4.78, 5) is 0.817. The number of thioether (sulfide) groups is 1. The first-order valence-corrected chi connectivity index (χ1v) is 5.80. The highest BCUT2D eigenvalue weighted by Crippen LogP contribution is 2.32. The Kier molecular flexibility index (Phi) is 3.62. The van der Waals surface area contributed by atoms with Crippen LogP contribution in [0.15, 0.2) is 52.0 Å². The molecule has 0 bridgehead atoms. The summed E-state index contributed by atoms with van der Waals surface area (Å²) < 4.78 is 29.6. The molecular formula is C12H10F2OS. The highest BCUT2D eigenvalue weighted by atomic mass is 32.2. The van der Waals surface area contributed by atoms with Crippen LogP contribution in [0.5, 0.6) is 0 Å². The summed E-state index contributed by atoms with van der Waals surface area (Å²) in [5.41, 5.74) is 0.859. The van der Waals surface area contributed by atoms with Gasteiger partial charge in [-0.25, -0.2) is 8.78 Å². The molecule has 0 aliphatic heterocycles. The number of rotatable bonds is 4. The Hall–Kier alpha value is -1.29. The van der Waals surface area contributed by atoms with Crippen LogP contribution in [0.3, 0.4) is 0 Å². The van der Waals surface area contributed by atoms with Crippen molar-refractivity contribution in [2.24, 2.45) is 0 Å². The van der Waals surface area contributed by atoms with Crippen LogP contribution in [0, 0.1) is 0 Å². The number of halogens is 2. The average molecular weight is 240 g/mol. The molecule has 2 rings (SSSR count). The molecule has 16 heavy (non-hydrogen) atoms. The molecule has 1 heterocycles. The summed E-state index contributed by atoms with van der Waals surface area (Å²) in [5, 5.41) is 0. The molecule has 84 valence electrons. The zero-order valence-electron chi connectivity index (χ0n) is 8.40. The third-order valence-corrected chi connectivity index (χ3v) is 3.12. The molecular weight excluding hydrogens is 230 g/mol. The first-order valence-electron chi connectivity index (χ1n) is 4.81. The van der Waals surface area contributed by atoms with Gasteiger partial charge < -0.3 is 4.42 Å². The van der Waals surface area contributed by atoms with E-state index in [0.717, 1.165) is 22.2 Å². The van der Waals surface area contributed by atoms with E-state index in [4.69, 9.17) is 4.42 Å². The van der Waals surface area contributed by atoms with Crippen molar-refractivity contribution in [2.75, 3.05) is 5.75 Å². The first-order chi connectivity index (χ1) is 7.77. The van der Waals surface area contributed by atoms with Gasteiger partial charge >= 0.3 is 0 Å². The van der Waals surface area contributed by atoms with Gasteiger partial charge in [-0.1, -0.05) is 18.2 Å². The Morgan fingerprint density at radius 2 is 1.94 bits per heavy atom. The van der Waals surface area contributed by atoms with E-state index in [0.29, 0.717) is 5.76 Å². The number of hydrogen-bond acceptors (Lipinski definition) is 2. The van der Waals surface area contributed by atoms with Crippen molar-refractivity contribution in [3.05, 3.63) is 42.7 Å². The molecule has 0 aliphatic carbocycles. The van der Waals surface area contributed by atoms with Gasteiger partial charge in [0, 0.05) is 10.5 Å². The lowest BCUT2D eigenvalue weighted by atomic mass is 10.2. The van der Waals surface area contributed by atoms with Crippen molar-refractivity contribution in [3.63, 3.8) is 0 Å². The molecule has 1 aromatic carbocycles. The van der Waals surface area contributed by atoms with Crippen LogP contribution in [0.2, 0.25) is 0 Å². The monoisotopic (exact) mass is 240 g/mol. The van der Waals surface area contributed by atoms with E-state index in [9.17, 15) is 8.78 Å². The van der Waals surface area contributed by atoms with Crippen molar-refractivity contribution in [1.29, 1.82) is 0 Å². The second-order valence-electron chi connectivity index (χ2n) is 3.18. The predicted molar refractivity (Wildman–Crippen MR) is 60.9 cm³/mol. The molecule has 0 saturated heterocycles. The Balaban J connectivity index is 2.24. The smallest absolute Gasteiger partial charge is 0.247 e. The molecule has 0 radical (unpaired) electrons. The quantitative estimate of drug-likeness (QED) is 0.739. The Bertz CT molecular complexity index is 440. The topological polar surface area (TPSA) is 13.1 Å². The molecule has 0 amide bonds. The van der Waals surface area contributed by atoms with Crippen molar-refractivity contribution in [2.45, 2.75) is 11.3 Å². The summed E-state index contributed by atoms with van der Waals surface area (Å²) in [6.45, 7) is 0. The summed E-state index contributed by atoms with van der Waals surface area (Å²) in [6, 6.07) is 11.0. The van der Waals surface area contributed by atoms with Crippen LogP contribution in [0.1, 0.15) is 0 Å². The molecule has 0 spiro atoms. The lowest BCUT2D eigenvalue weighted by Crippen LogP contribution is -1.93. The largest absolute Gasteiger partial charge is 0.464 e. The zero-order valence-corrected chi connectivity index (χ0v) is 9.21. The lowest BCUT2D eigenvalue weighted by Gasteiger charge is -2.06. The number of hydrogen-bond donors (Lipinski definition) is 0. The first kappa shape index (κ1) is 11.2. The van der Waals surface area contributed by atoms with Crippen molar-refractivity contribution in [1.82, 2.24) is 0 Å². The second kappa shape index (κ2) is 5.16. The van der Waals surface area contributed by atoms with Gasteiger partial charge in [0.1, 0.15) is 5.76 Å². The van der Waals surface area contributed by atoms with Crippen LogP contribution < -0.4 is 0 Å². The molecule has 0 aliphatic rings. The second-order valence-corrected chi connectivity index (χ2v) is 4.24. The van der Waals surface area contributed by atoms with Gasteiger partial charge in [0.2, 0.25) is 6.43 Å². The maximum absolute atomic E-state index is 12.2. The maximum atomic E-state index is 12.2. The number of furan rings is 1. The molecule has 2 aromatic rings. The molecule has 0 atom stereocenters. The average Bonchev–Trinajstić information content (AvgIpc) is 2.80. The van der Waals surface area contributed by atoms with E-state index in [1.54, 1.807) is 12.3 Å². The molecule has 0 fully saturated rings. The minimum atomic E-state index is -2.30. The van der Waals surface area contributed by atoms with Crippen molar-refractivity contribution in [3.8, 4) is 11.3 Å². The van der Waals surface area contributed by atoms with Crippen LogP contribution >= 0.6 is 11.8 Å². The molecule has 0 unspecified atom stereocenters. The van der Waals surface area contributed by atoms with Gasteiger partial charge in [-0.05, 0) is 18.2 Å². The van der Waals surface area contributed by atoms with Gasteiger partial charge in [0.15, 0.2) is 0 Å². The Labute approximate surface area is 96.5 Å². The highest BCUT2D eigenvalue weighted by Gasteiger charge is 2.10. The fourth-order valence-corrected chi connectivity index (χ4v) is 2.19. The molecule has 4 heteroatoms. The van der Waals surface area contributed by atoms with E-state index < -0.39 is 6.43 Å². The van der Waals surface area contributed by atoms with Crippen molar-refractivity contribution < 1.29 is 13.2 Å². The van der Waals surface area contributed by atoms with Crippen LogP contribution in [0.25, 0.3) is 11.3 Å². The molecule has 1 aromatic heterocycles. The SMILES string of the molecule is FC(F)CSc1ccccc1-c1ccco1. The van der Waals surface area contributed by atoms with Gasteiger partial charge in [0.25, 0.3) is 0 Å². The van der Waals surface area contributed by atoms with Gasteiger partial charge in [0.05, 0.1) is 12.0 Å². The predicted octanol–water partition coefficient (Wildman–Crippen LogP) is 4.30. The van der Waals surface area contributed by atoms with Crippen LogP contribution in [-0.2, 0) is 0 Å². The van der Waals surface area contributed by atoms with E-state index in [2.05, 4.69) is 0 Å². The van der Waals surface area contributed by atoms with Crippen LogP contribution in [-0.4, -0.2) is 12.2 Å². The molecule has 1 nitrogen and oxygen atoms in total. The maximum Gasteiger partial charge on any atom is 0.247 e. The summed E-state index contributed by atoms with van der Waals surface area (Å²) in [7, 11) is 0. The summed E-state index contributed by atoms with van der Waals surface area (Å²) in [6.07, 6.45) is -0.723. The lowest BCUT2D eigenvalue weighted by molar-refractivity contribution is 0.177. The van der Waals surface area contributed by atoms with Gasteiger partial charge in [-0.3, -0.25) is 0 Å². The molecule has 0 saturated carbocycles. The minimum Gasteiger partial charge on any atom is -0.464 e. The number of benzene rings is 1. The summed E-state index contributed by atoms with van der Waals surface area (Å²) >= 11 is 1.14. The van der Waals surface area contributed by atoms with Gasteiger partial charge in [-0.2, -0.15) is 0 Å². The van der Waals surface area contributed by atoms with Crippen molar-refractivity contribution >= 4 is 11.8 Å². The Morgan fingerprint density at radius 1 is 1.12 bits per heavy atom. The fourth-order valence-electron chi connectivity index (χ4n) is 1.38. The van der Waals surface area contributed by atoms with E-state index in [1.165, 1.54) is 0 Å². The zero-order chi connectivity index (χ0) is 11.4. The standard InChI is InChI=1S/C12H10F2OS/c13-12(14)8-16-11-6-2-1-4-9(11)10-5-3-7-15-10/h1-7,12H,8H2. The van der Waals surface area contributed by atoms with E-state index in [1.807, 2.05) is 30.3 Å². The van der Waals surface area contributed by atoms with Gasteiger partial charge in [-0.15, -0.1) is 11.8 Å². The van der Waals surface area contributed by atoms with E-state index >= 15 is 0 Å². The highest BCUT2D eigenvalue weighted by molar-refractivity contribution is 7.99. The Morgan fingerprint density at radius 3 is 2.62 bits per heavy atom. The summed E-state index contributed by atoms with van der Waals surface area (Å²) in [5.74, 6) is 0.509. The fraction of sp³-hybridized carbons (Fsp3) is 0.167. The van der Waals surface area contributed by atoms with Crippen LogP contribution in [0.4, 0.5) is 8.78 Å². The normalized spacial score (nSPS) is 10.9. The number of alkyl halides is 2. The molecule has 0 N–H and O–H groups in total. The third-order valence-electron chi connectivity index (χ3n) is 2.04. The third kappa shape index (κ3) is 2.64.